The van der Waals surface area contributed by atoms with E-state index in [1.165, 1.54) is 32.1 Å². The Balaban J connectivity index is 1.57. The third-order valence-corrected chi connectivity index (χ3v) is 6.79. The molecular formula is C21H32N4O. The highest BCUT2D eigenvalue weighted by molar-refractivity contribution is 6.02. The minimum Gasteiger partial charge on any atom is -0.397 e. The average molecular weight is 357 g/mol. The SMILES string of the molecule is CNc1cc(N2CC3CCCC32)c(C(=O)NC2CCC(C)CC2)cc1N. The monoisotopic (exact) mass is 356 g/mol. The number of carbonyl (C=O) groups is 1. The van der Waals surface area contributed by atoms with Gasteiger partial charge in [0.15, 0.2) is 0 Å². The first-order chi connectivity index (χ1) is 12.6. The summed E-state index contributed by atoms with van der Waals surface area (Å²) in [7, 11) is 1.88. The van der Waals surface area contributed by atoms with E-state index in [9.17, 15) is 4.79 Å². The molecule has 4 N–H and O–H groups in total. The predicted molar refractivity (Wildman–Crippen MR) is 108 cm³/mol. The van der Waals surface area contributed by atoms with Crippen molar-refractivity contribution in [3.63, 3.8) is 0 Å². The zero-order valence-corrected chi connectivity index (χ0v) is 16.1. The molecule has 1 saturated heterocycles. The zero-order valence-electron chi connectivity index (χ0n) is 16.1. The summed E-state index contributed by atoms with van der Waals surface area (Å²) in [6.45, 7) is 3.37. The number of nitrogens with two attached hydrogens (primary N) is 1. The van der Waals surface area contributed by atoms with E-state index in [1.807, 2.05) is 13.1 Å². The standard InChI is InChI=1S/C21H32N4O/c1-13-6-8-15(9-7-13)24-21(26)16-10-17(22)18(23-2)11-20(16)25-12-14-4-3-5-19(14)25/h10-11,13-15,19,23H,3-9,12,22H2,1-2H3,(H,24,26). The lowest BCUT2D eigenvalue weighted by molar-refractivity contribution is 0.0923. The summed E-state index contributed by atoms with van der Waals surface area (Å²) in [5.41, 5.74) is 9.53. The molecule has 1 aliphatic heterocycles. The van der Waals surface area contributed by atoms with E-state index in [4.69, 9.17) is 5.73 Å². The molecule has 3 aliphatic rings. The third-order valence-electron chi connectivity index (χ3n) is 6.79. The fourth-order valence-corrected chi connectivity index (χ4v) is 5.08. The Morgan fingerprint density at radius 3 is 2.62 bits per heavy atom. The highest BCUT2D eigenvalue weighted by atomic mass is 16.1. The van der Waals surface area contributed by atoms with Gasteiger partial charge >= 0.3 is 0 Å². The molecule has 0 radical (unpaired) electrons. The van der Waals surface area contributed by atoms with Gasteiger partial charge in [-0.2, -0.15) is 0 Å². The summed E-state index contributed by atoms with van der Waals surface area (Å²) < 4.78 is 0. The summed E-state index contributed by atoms with van der Waals surface area (Å²) in [5.74, 6) is 1.63. The summed E-state index contributed by atoms with van der Waals surface area (Å²) in [6.07, 6.45) is 8.45. The van der Waals surface area contributed by atoms with E-state index in [2.05, 4.69) is 28.5 Å². The Hall–Kier alpha value is -1.91. The van der Waals surface area contributed by atoms with Gasteiger partial charge in [-0.1, -0.05) is 13.3 Å². The summed E-state index contributed by atoms with van der Waals surface area (Å²) in [4.78, 5) is 15.5. The van der Waals surface area contributed by atoms with Crippen molar-refractivity contribution >= 4 is 23.0 Å². The van der Waals surface area contributed by atoms with Crippen LogP contribution in [0.2, 0.25) is 0 Å². The van der Waals surface area contributed by atoms with Crippen LogP contribution in [0.25, 0.3) is 0 Å². The lowest BCUT2D eigenvalue weighted by atomic mass is 9.87. The lowest BCUT2D eigenvalue weighted by Crippen LogP contribution is -2.54. The maximum absolute atomic E-state index is 13.1. The van der Waals surface area contributed by atoms with Gasteiger partial charge in [0, 0.05) is 25.7 Å². The van der Waals surface area contributed by atoms with Crippen LogP contribution < -0.4 is 21.3 Å². The van der Waals surface area contributed by atoms with Crippen molar-refractivity contribution in [2.24, 2.45) is 11.8 Å². The number of nitrogens with one attached hydrogen (secondary N) is 2. The molecule has 4 rings (SSSR count). The molecule has 0 spiro atoms. The van der Waals surface area contributed by atoms with Gasteiger partial charge in [0.2, 0.25) is 0 Å². The molecule has 5 heteroatoms. The number of rotatable bonds is 4. The highest BCUT2D eigenvalue weighted by Gasteiger charge is 2.43. The van der Waals surface area contributed by atoms with Crippen molar-refractivity contribution in [1.82, 2.24) is 5.32 Å². The fourth-order valence-electron chi connectivity index (χ4n) is 5.08. The molecule has 3 fully saturated rings. The molecule has 2 atom stereocenters. The number of nitrogens with zero attached hydrogens (tertiary/aromatic N) is 1. The molecule has 26 heavy (non-hydrogen) atoms. The topological polar surface area (TPSA) is 70.4 Å². The van der Waals surface area contributed by atoms with E-state index in [-0.39, 0.29) is 5.91 Å². The van der Waals surface area contributed by atoms with Crippen LogP contribution in [0.4, 0.5) is 17.1 Å². The van der Waals surface area contributed by atoms with Gasteiger partial charge in [-0.25, -0.2) is 0 Å². The van der Waals surface area contributed by atoms with Crippen molar-refractivity contribution in [3.05, 3.63) is 17.7 Å². The quantitative estimate of drug-likeness (QED) is 0.721. The molecule has 1 amide bonds. The molecule has 0 aromatic heterocycles. The molecule has 142 valence electrons. The van der Waals surface area contributed by atoms with E-state index < -0.39 is 0 Å². The molecular weight excluding hydrogens is 324 g/mol. The minimum atomic E-state index is 0.0374. The number of benzene rings is 1. The number of fused-ring (bicyclic) bond motifs is 1. The van der Waals surface area contributed by atoms with Crippen LogP contribution in [-0.4, -0.2) is 31.6 Å². The van der Waals surface area contributed by atoms with Crippen LogP contribution in [0.1, 0.15) is 62.2 Å². The van der Waals surface area contributed by atoms with Gasteiger partial charge in [-0.3, -0.25) is 4.79 Å². The van der Waals surface area contributed by atoms with Crippen LogP contribution in [0, 0.1) is 11.8 Å². The van der Waals surface area contributed by atoms with Crippen LogP contribution in [0.5, 0.6) is 0 Å². The summed E-state index contributed by atoms with van der Waals surface area (Å²) in [5, 5.41) is 6.45. The van der Waals surface area contributed by atoms with Crippen molar-refractivity contribution in [3.8, 4) is 0 Å². The molecule has 5 nitrogen and oxygen atoms in total. The average Bonchev–Trinajstić information content (AvgIpc) is 2.98. The molecule has 2 saturated carbocycles. The van der Waals surface area contributed by atoms with Gasteiger partial charge < -0.3 is 21.3 Å². The minimum absolute atomic E-state index is 0.0374. The number of nitrogen functional groups attached to an aromatic ring is 1. The zero-order chi connectivity index (χ0) is 18.3. The third kappa shape index (κ3) is 3.12. The number of anilines is 3. The van der Waals surface area contributed by atoms with Crippen molar-refractivity contribution in [2.75, 3.05) is 29.5 Å². The Bertz CT molecular complexity index is 681. The largest absolute Gasteiger partial charge is 0.397 e. The van der Waals surface area contributed by atoms with E-state index in [0.29, 0.717) is 17.8 Å². The molecule has 1 aromatic rings. The second-order valence-corrected chi connectivity index (χ2v) is 8.55. The Labute approximate surface area is 156 Å². The first-order valence-electron chi connectivity index (χ1n) is 10.3. The Kier molecular flexibility index (Phi) is 4.72. The highest BCUT2D eigenvalue weighted by Crippen LogP contribution is 2.44. The molecule has 1 aromatic carbocycles. The first-order valence-corrected chi connectivity index (χ1v) is 10.3. The molecule has 1 heterocycles. The van der Waals surface area contributed by atoms with Crippen LogP contribution in [-0.2, 0) is 0 Å². The first kappa shape index (κ1) is 17.5. The summed E-state index contributed by atoms with van der Waals surface area (Å²) >= 11 is 0. The smallest absolute Gasteiger partial charge is 0.253 e. The maximum Gasteiger partial charge on any atom is 0.253 e. The lowest BCUT2D eigenvalue weighted by Gasteiger charge is -2.47. The van der Waals surface area contributed by atoms with Gasteiger partial charge in [-0.15, -0.1) is 0 Å². The van der Waals surface area contributed by atoms with Gasteiger partial charge in [0.05, 0.1) is 22.6 Å². The number of hydrogen-bond acceptors (Lipinski definition) is 4. The van der Waals surface area contributed by atoms with E-state index >= 15 is 0 Å². The Morgan fingerprint density at radius 2 is 1.92 bits per heavy atom. The normalized spacial score (nSPS) is 30.5. The van der Waals surface area contributed by atoms with E-state index in [1.54, 1.807) is 0 Å². The van der Waals surface area contributed by atoms with Crippen LogP contribution in [0.3, 0.4) is 0 Å². The predicted octanol–water partition coefficient (Wildman–Crippen LogP) is 3.61. The van der Waals surface area contributed by atoms with Crippen molar-refractivity contribution in [1.29, 1.82) is 0 Å². The van der Waals surface area contributed by atoms with Crippen LogP contribution >= 0.6 is 0 Å². The second kappa shape index (κ2) is 7.01. The number of carbonyl (C=O) groups excluding carboxylic acids is 1. The Morgan fingerprint density at radius 1 is 1.15 bits per heavy atom. The molecule has 2 unspecified atom stereocenters. The van der Waals surface area contributed by atoms with Crippen LogP contribution in [0.15, 0.2) is 12.1 Å². The maximum atomic E-state index is 13.1. The second-order valence-electron chi connectivity index (χ2n) is 8.55. The van der Waals surface area contributed by atoms with Crippen molar-refractivity contribution < 1.29 is 4.79 Å². The van der Waals surface area contributed by atoms with Gasteiger partial charge in [0.1, 0.15) is 0 Å². The number of amides is 1. The number of hydrogen-bond donors (Lipinski definition) is 3. The fraction of sp³-hybridized carbons (Fsp3) is 0.667. The molecule has 0 bridgehead atoms. The van der Waals surface area contributed by atoms with Gasteiger partial charge in [0.25, 0.3) is 5.91 Å². The molecule has 2 aliphatic carbocycles. The van der Waals surface area contributed by atoms with E-state index in [0.717, 1.165) is 48.2 Å². The summed E-state index contributed by atoms with van der Waals surface area (Å²) in [6, 6.07) is 4.84. The van der Waals surface area contributed by atoms with Gasteiger partial charge in [-0.05, 0) is 62.5 Å². The van der Waals surface area contributed by atoms with Crippen molar-refractivity contribution in [2.45, 2.75) is 64.0 Å².